The number of aromatic amines is 1. The van der Waals surface area contributed by atoms with E-state index in [1.54, 1.807) is 0 Å². The number of aromatic nitrogens is 1. The summed E-state index contributed by atoms with van der Waals surface area (Å²) in [6.07, 6.45) is -1.95. The number of halogens is 3. The number of primary amides is 1. The topological polar surface area (TPSA) is 76.0 Å². The Hall–Kier alpha value is -1.24. The number of amides is 1. The van der Waals surface area contributed by atoms with Crippen LogP contribution < -0.4 is 11.3 Å². The Morgan fingerprint density at radius 1 is 1.57 bits per heavy atom. The summed E-state index contributed by atoms with van der Waals surface area (Å²) in [4.78, 5) is 23.8. The normalized spacial score (nSPS) is 10.6. The molecule has 1 rings (SSSR count). The summed E-state index contributed by atoms with van der Waals surface area (Å²) in [5.74, 6) is -1.07. The van der Waals surface area contributed by atoms with Crippen LogP contribution in [-0.4, -0.2) is 10.9 Å². The number of H-pyrrole nitrogens is 1. The molecule has 1 heterocycles. The maximum Gasteiger partial charge on any atom is 0.269 e. The van der Waals surface area contributed by atoms with Gasteiger partial charge < -0.3 is 10.7 Å². The molecule has 76 valence electrons. The number of pyridine rings is 1. The molecule has 4 nitrogen and oxygen atoms in total. The third-order valence-corrected chi connectivity index (χ3v) is 2.17. The number of hydrogen-bond donors (Lipinski definition) is 2. The molecule has 0 aromatic carbocycles. The van der Waals surface area contributed by atoms with Gasteiger partial charge in [-0.1, -0.05) is 0 Å². The summed E-state index contributed by atoms with van der Waals surface area (Å²) < 4.78 is 24.8. The third kappa shape index (κ3) is 1.82. The van der Waals surface area contributed by atoms with Crippen molar-refractivity contribution < 1.29 is 13.6 Å². The number of carbonyl (C=O) groups is 1. The number of nitrogens with two attached hydrogens (primary N) is 1. The van der Waals surface area contributed by atoms with Crippen molar-refractivity contribution in [2.75, 3.05) is 0 Å². The SMILES string of the molecule is NC(=O)c1c(Br)c[nH]c(=O)c1C(F)F. The molecular formula is C7H5BrF2N2O2. The lowest BCUT2D eigenvalue weighted by Crippen LogP contribution is -2.23. The van der Waals surface area contributed by atoms with Crippen LogP contribution in [-0.2, 0) is 0 Å². The van der Waals surface area contributed by atoms with Crippen molar-refractivity contribution in [1.29, 1.82) is 0 Å². The van der Waals surface area contributed by atoms with Crippen LogP contribution in [0.3, 0.4) is 0 Å². The first-order valence-corrected chi connectivity index (χ1v) is 4.23. The fourth-order valence-corrected chi connectivity index (χ4v) is 1.50. The van der Waals surface area contributed by atoms with Gasteiger partial charge in [0, 0.05) is 10.7 Å². The van der Waals surface area contributed by atoms with Gasteiger partial charge in [0.25, 0.3) is 17.9 Å². The maximum atomic E-state index is 12.4. The zero-order valence-corrected chi connectivity index (χ0v) is 8.27. The maximum absolute atomic E-state index is 12.4. The third-order valence-electron chi connectivity index (χ3n) is 1.55. The van der Waals surface area contributed by atoms with Crippen LogP contribution in [0.1, 0.15) is 22.3 Å². The highest BCUT2D eigenvalue weighted by atomic mass is 79.9. The lowest BCUT2D eigenvalue weighted by Gasteiger charge is -2.05. The molecule has 1 aromatic heterocycles. The quantitative estimate of drug-likeness (QED) is 0.843. The predicted octanol–water partition coefficient (Wildman–Crippen LogP) is 1.17. The van der Waals surface area contributed by atoms with E-state index in [-0.39, 0.29) is 4.47 Å². The molecule has 0 aliphatic carbocycles. The fourth-order valence-electron chi connectivity index (χ4n) is 0.980. The summed E-state index contributed by atoms with van der Waals surface area (Å²) in [6.45, 7) is 0. The molecule has 3 N–H and O–H groups in total. The lowest BCUT2D eigenvalue weighted by atomic mass is 10.1. The van der Waals surface area contributed by atoms with Gasteiger partial charge in [-0.25, -0.2) is 8.78 Å². The van der Waals surface area contributed by atoms with Crippen molar-refractivity contribution in [2.24, 2.45) is 5.73 Å². The van der Waals surface area contributed by atoms with E-state index in [1.807, 2.05) is 0 Å². The highest BCUT2D eigenvalue weighted by Crippen LogP contribution is 2.24. The largest absolute Gasteiger partial charge is 0.366 e. The molecule has 7 heteroatoms. The average molecular weight is 267 g/mol. The molecule has 0 saturated carbocycles. The standard InChI is InChI=1S/C7H5BrF2N2O2/c8-2-1-12-7(14)4(5(9)10)3(2)6(11)13/h1,5H,(H2,11,13)(H,12,14). The van der Waals surface area contributed by atoms with E-state index < -0.39 is 29.0 Å². The molecule has 0 radical (unpaired) electrons. The van der Waals surface area contributed by atoms with Gasteiger partial charge in [0.2, 0.25) is 0 Å². The van der Waals surface area contributed by atoms with E-state index in [9.17, 15) is 18.4 Å². The summed E-state index contributed by atoms with van der Waals surface area (Å²) in [7, 11) is 0. The Kier molecular flexibility index (Phi) is 3.00. The highest BCUT2D eigenvalue weighted by Gasteiger charge is 2.23. The van der Waals surface area contributed by atoms with Gasteiger partial charge in [-0.05, 0) is 15.9 Å². The second-order valence-corrected chi connectivity index (χ2v) is 3.27. The van der Waals surface area contributed by atoms with Gasteiger partial charge >= 0.3 is 0 Å². The zero-order chi connectivity index (χ0) is 10.9. The summed E-state index contributed by atoms with van der Waals surface area (Å²) >= 11 is 2.85. The highest BCUT2D eigenvalue weighted by molar-refractivity contribution is 9.10. The van der Waals surface area contributed by atoms with E-state index >= 15 is 0 Å². The summed E-state index contributed by atoms with van der Waals surface area (Å²) in [5, 5.41) is 0. The van der Waals surface area contributed by atoms with Crippen molar-refractivity contribution in [1.82, 2.24) is 4.98 Å². The van der Waals surface area contributed by atoms with E-state index in [0.29, 0.717) is 0 Å². The molecule has 0 bridgehead atoms. The number of rotatable bonds is 2. The lowest BCUT2D eigenvalue weighted by molar-refractivity contribution is 0.0984. The molecular weight excluding hydrogens is 262 g/mol. The first-order chi connectivity index (χ1) is 6.45. The van der Waals surface area contributed by atoms with Crippen LogP contribution in [0.2, 0.25) is 0 Å². The fraction of sp³-hybridized carbons (Fsp3) is 0.143. The second-order valence-electron chi connectivity index (χ2n) is 2.42. The van der Waals surface area contributed by atoms with Crippen molar-refractivity contribution in [2.45, 2.75) is 6.43 Å². The minimum atomic E-state index is -3.04. The van der Waals surface area contributed by atoms with Crippen LogP contribution in [0, 0.1) is 0 Å². The summed E-state index contributed by atoms with van der Waals surface area (Å²) in [6, 6.07) is 0. The van der Waals surface area contributed by atoms with Crippen LogP contribution >= 0.6 is 15.9 Å². The predicted molar refractivity (Wildman–Crippen MR) is 48.2 cm³/mol. The Morgan fingerprint density at radius 2 is 2.14 bits per heavy atom. The second kappa shape index (κ2) is 3.87. The van der Waals surface area contributed by atoms with E-state index in [1.165, 1.54) is 0 Å². The van der Waals surface area contributed by atoms with E-state index in [2.05, 4.69) is 20.9 Å². The molecule has 14 heavy (non-hydrogen) atoms. The van der Waals surface area contributed by atoms with Crippen LogP contribution in [0.5, 0.6) is 0 Å². The van der Waals surface area contributed by atoms with Gasteiger partial charge in [0.05, 0.1) is 11.1 Å². The molecule has 0 unspecified atom stereocenters. The molecule has 0 saturated heterocycles. The molecule has 0 atom stereocenters. The Labute approximate surface area is 85.2 Å². The minimum absolute atomic E-state index is 0.0416. The first-order valence-electron chi connectivity index (χ1n) is 3.44. The number of alkyl halides is 2. The van der Waals surface area contributed by atoms with Crippen LogP contribution in [0.25, 0.3) is 0 Å². The summed E-state index contributed by atoms with van der Waals surface area (Å²) in [5.41, 5.74) is 2.46. The van der Waals surface area contributed by atoms with E-state index in [4.69, 9.17) is 5.73 Å². The van der Waals surface area contributed by atoms with Crippen LogP contribution in [0.15, 0.2) is 15.5 Å². The first kappa shape index (κ1) is 10.8. The number of nitrogens with one attached hydrogen (secondary N) is 1. The smallest absolute Gasteiger partial charge is 0.269 e. The molecule has 1 aromatic rings. The Bertz CT molecular complexity index is 430. The van der Waals surface area contributed by atoms with Gasteiger partial charge in [0.15, 0.2) is 0 Å². The minimum Gasteiger partial charge on any atom is -0.366 e. The van der Waals surface area contributed by atoms with E-state index in [0.717, 1.165) is 6.20 Å². The molecule has 0 fully saturated rings. The Morgan fingerprint density at radius 3 is 2.50 bits per heavy atom. The van der Waals surface area contributed by atoms with Crippen molar-refractivity contribution >= 4 is 21.8 Å². The van der Waals surface area contributed by atoms with Crippen molar-refractivity contribution in [3.05, 3.63) is 32.2 Å². The molecule has 1 amide bonds. The number of carbonyl (C=O) groups excluding carboxylic acids is 1. The van der Waals surface area contributed by atoms with Crippen LogP contribution in [0.4, 0.5) is 8.78 Å². The molecule has 0 aliphatic heterocycles. The monoisotopic (exact) mass is 266 g/mol. The van der Waals surface area contributed by atoms with Crippen molar-refractivity contribution in [3.8, 4) is 0 Å². The molecule has 0 aliphatic rings. The van der Waals surface area contributed by atoms with Gasteiger partial charge in [-0.2, -0.15) is 0 Å². The molecule has 0 spiro atoms. The zero-order valence-electron chi connectivity index (χ0n) is 6.68. The Balaban J connectivity index is 3.58. The van der Waals surface area contributed by atoms with Gasteiger partial charge in [-0.3, -0.25) is 9.59 Å². The van der Waals surface area contributed by atoms with Crippen molar-refractivity contribution in [3.63, 3.8) is 0 Å². The number of hydrogen-bond acceptors (Lipinski definition) is 2. The average Bonchev–Trinajstić information content (AvgIpc) is 2.07. The van der Waals surface area contributed by atoms with Gasteiger partial charge in [-0.15, -0.1) is 0 Å². The van der Waals surface area contributed by atoms with Gasteiger partial charge in [0.1, 0.15) is 0 Å².